The lowest BCUT2D eigenvalue weighted by Gasteiger charge is -2.37. The number of imide groups is 2. The molecule has 0 spiro atoms. The molecule has 0 radical (unpaired) electrons. The Morgan fingerprint density at radius 2 is 1.56 bits per heavy atom. The second-order valence-electron chi connectivity index (χ2n) is 18.2. The van der Waals surface area contributed by atoms with E-state index in [1.165, 1.54) is 17.7 Å². The van der Waals surface area contributed by atoms with Gasteiger partial charge in [-0.15, -0.1) is 0 Å². The molecule has 3 aromatic carbocycles. The molecule has 3 saturated heterocycles. The summed E-state index contributed by atoms with van der Waals surface area (Å²) in [6, 6.07) is 22.2. The molecule has 0 unspecified atom stereocenters. The van der Waals surface area contributed by atoms with Crippen molar-refractivity contribution in [2.75, 3.05) is 44.6 Å². The van der Waals surface area contributed by atoms with E-state index in [1.807, 2.05) is 41.6 Å². The van der Waals surface area contributed by atoms with Gasteiger partial charge in [0.05, 0.1) is 23.9 Å². The zero-order valence-corrected chi connectivity index (χ0v) is 36.6. The minimum absolute atomic E-state index is 0.0411. The smallest absolute Gasteiger partial charge is 0.262 e. The number of benzene rings is 3. The molecular weight excluding hydrogens is 841 g/mol. The van der Waals surface area contributed by atoms with E-state index in [0.29, 0.717) is 42.7 Å². The lowest BCUT2D eigenvalue weighted by Crippen LogP contribution is -2.54. The summed E-state index contributed by atoms with van der Waals surface area (Å²) >= 11 is 0. The number of carbonyl (C=O) groups excluding carboxylic acids is 6. The van der Waals surface area contributed by atoms with Crippen LogP contribution < -0.4 is 20.7 Å². The number of piperidine rings is 3. The topological polar surface area (TPSA) is 201 Å². The van der Waals surface area contributed by atoms with E-state index in [2.05, 4.69) is 64.6 Å². The summed E-state index contributed by atoms with van der Waals surface area (Å²) in [5.74, 6) is -0.460. The van der Waals surface area contributed by atoms with Gasteiger partial charge in [-0.25, -0.2) is 15.0 Å². The molecule has 3 N–H and O–H groups in total. The quantitative estimate of drug-likeness (QED) is 0.140. The van der Waals surface area contributed by atoms with Crippen LogP contribution in [0.25, 0.3) is 11.2 Å². The number of ether oxygens (including phenoxy) is 1. The maximum atomic E-state index is 13.2. The van der Waals surface area contributed by atoms with Gasteiger partial charge in [0.2, 0.25) is 17.7 Å². The summed E-state index contributed by atoms with van der Waals surface area (Å²) in [5.41, 5.74) is 5.03. The fourth-order valence-electron chi connectivity index (χ4n) is 10.1. The van der Waals surface area contributed by atoms with E-state index >= 15 is 0 Å². The standard InChI is InChI=1S/C49H52N10O7/c60-41-13-12-40(47(63)55-41)59-48(64)38-11-10-37(25-39(38)49(59)65)66-27-43(62)57-20-14-31(15-21-57)26-56-18-16-33(17-19-56)32-6-8-34(9-7-32)54-45-44-46(51-28-50-45)58(29-52-44)36-23-35(24-36)53-42(61)22-30-4-2-1-3-5-30/h1-11,25,28-29,31,33,35-36,40H,12-24,26-27H2,(H,53,61)(H,50,51,54)(H,55,60,63)/t35?,36?,40-/m0/s1. The number of aromatic nitrogens is 4. The molecule has 6 amide bonds. The van der Waals surface area contributed by atoms with Crippen molar-refractivity contribution in [2.24, 2.45) is 5.92 Å². The van der Waals surface area contributed by atoms with Crippen molar-refractivity contribution in [1.82, 2.24) is 44.9 Å². The normalized spacial score (nSPS) is 21.7. The van der Waals surface area contributed by atoms with Crippen LogP contribution in [0.4, 0.5) is 11.5 Å². The number of carbonyl (C=O) groups is 6. The van der Waals surface area contributed by atoms with E-state index in [-0.39, 0.29) is 60.2 Å². The monoisotopic (exact) mass is 892 g/mol. The Hall–Kier alpha value is -7.01. The molecule has 10 rings (SSSR count). The summed E-state index contributed by atoms with van der Waals surface area (Å²) in [4.78, 5) is 95.0. The van der Waals surface area contributed by atoms with E-state index in [0.717, 1.165) is 80.0 Å². The highest BCUT2D eigenvalue weighted by atomic mass is 16.5. The number of nitrogens with one attached hydrogen (secondary N) is 3. The fraction of sp³-hybridized carbons (Fsp3) is 0.408. The minimum atomic E-state index is -1.05. The average molecular weight is 893 g/mol. The van der Waals surface area contributed by atoms with Crippen LogP contribution in [0.15, 0.2) is 85.5 Å². The van der Waals surface area contributed by atoms with Crippen LogP contribution in [-0.4, -0.2) is 121 Å². The van der Waals surface area contributed by atoms with Gasteiger partial charge in [0, 0.05) is 43.8 Å². The molecule has 4 aliphatic heterocycles. The largest absolute Gasteiger partial charge is 0.484 e. The van der Waals surface area contributed by atoms with Crippen LogP contribution in [0.5, 0.6) is 5.75 Å². The molecule has 1 aliphatic carbocycles. The number of amides is 6. The van der Waals surface area contributed by atoms with Crippen molar-refractivity contribution < 1.29 is 33.5 Å². The zero-order chi connectivity index (χ0) is 45.3. The molecule has 340 valence electrons. The first-order valence-corrected chi connectivity index (χ1v) is 23.0. The summed E-state index contributed by atoms with van der Waals surface area (Å²) in [6.45, 7) is 4.19. The molecule has 1 atom stereocenters. The Labute approximate surface area is 381 Å². The first kappa shape index (κ1) is 42.9. The molecule has 0 bridgehead atoms. The number of hydrogen-bond acceptors (Lipinski definition) is 12. The van der Waals surface area contributed by atoms with Gasteiger partial charge in [0.25, 0.3) is 17.7 Å². The Morgan fingerprint density at radius 1 is 0.803 bits per heavy atom. The van der Waals surface area contributed by atoms with Crippen LogP contribution in [0.1, 0.15) is 95.2 Å². The highest BCUT2D eigenvalue weighted by molar-refractivity contribution is 6.23. The van der Waals surface area contributed by atoms with Crippen LogP contribution in [0, 0.1) is 5.92 Å². The first-order chi connectivity index (χ1) is 32.1. The van der Waals surface area contributed by atoms with Crippen LogP contribution in [0.2, 0.25) is 0 Å². The Balaban J connectivity index is 0.643. The van der Waals surface area contributed by atoms with Crippen molar-refractivity contribution in [3.63, 3.8) is 0 Å². The summed E-state index contributed by atoms with van der Waals surface area (Å²) in [7, 11) is 0. The zero-order valence-electron chi connectivity index (χ0n) is 36.6. The second-order valence-corrected chi connectivity index (χ2v) is 18.2. The van der Waals surface area contributed by atoms with Gasteiger partial charge in [-0.1, -0.05) is 42.5 Å². The molecule has 17 nitrogen and oxygen atoms in total. The molecule has 17 heteroatoms. The van der Waals surface area contributed by atoms with E-state index < -0.39 is 29.7 Å². The first-order valence-electron chi connectivity index (χ1n) is 23.0. The third-order valence-corrected chi connectivity index (χ3v) is 13.9. The highest BCUT2D eigenvalue weighted by Gasteiger charge is 2.45. The lowest BCUT2D eigenvalue weighted by molar-refractivity contribution is -0.136. The van der Waals surface area contributed by atoms with Crippen molar-refractivity contribution >= 4 is 58.1 Å². The number of likely N-dealkylation sites (tertiary alicyclic amines) is 2. The van der Waals surface area contributed by atoms with Gasteiger partial charge < -0.3 is 29.7 Å². The van der Waals surface area contributed by atoms with E-state index in [9.17, 15) is 28.8 Å². The fourth-order valence-corrected chi connectivity index (χ4v) is 10.1. The molecule has 6 heterocycles. The molecular formula is C49H52N10O7. The van der Waals surface area contributed by atoms with Crippen molar-refractivity contribution in [2.45, 2.75) is 81.8 Å². The number of fused-ring (bicyclic) bond motifs is 2. The van der Waals surface area contributed by atoms with Gasteiger partial charge in [0.15, 0.2) is 23.6 Å². The molecule has 5 aromatic rings. The minimum Gasteiger partial charge on any atom is -0.484 e. The van der Waals surface area contributed by atoms with Gasteiger partial charge >= 0.3 is 0 Å². The molecule has 5 aliphatic rings. The van der Waals surface area contributed by atoms with Crippen molar-refractivity contribution in [3.05, 3.63) is 108 Å². The van der Waals surface area contributed by atoms with E-state index in [1.54, 1.807) is 12.4 Å². The van der Waals surface area contributed by atoms with Gasteiger partial charge in [-0.3, -0.25) is 39.0 Å². The highest BCUT2D eigenvalue weighted by Crippen LogP contribution is 2.36. The number of imidazole rings is 1. The Kier molecular flexibility index (Phi) is 12.0. The maximum Gasteiger partial charge on any atom is 0.262 e. The summed E-state index contributed by atoms with van der Waals surface area (Å²) in [5, 5.41) is 8.82. The summed E-state index contributed by atoms with van der Waals surface area (Å²) < 4.78 is 7.89. The second kappa shape index (κ2) is 18.5. The van der Waals surface area contributed by atoms with Crippen LogP contribution in [-0.2, 0) is 25.6 Å². The Bertz CT molecular complexity index is 2670. The third-order valence-electron chi connectivity index (χ3n) is 13.9. The predicted molar refractivity (Wildman–Crippen MR) is 242 cm³/mol. The number of rotatable bonds is 13. The lowest BCUT2D eigenvalue weighted by atomic mass is 9.86. The summed E-state index contributed by atoms with van der Waals surface area (Å²) in [6.07, 6.45) is 9.56. The number of nitrogens with zero attached hydrogens (tertiary/aromatic N) is 7. The van der Waals surface area contributed by atoms with Crippen LogP contribution in [0.3, 0.4) is 0 Å². The van der Waals surface area contributed by atoms with Crippen LogP contribution >= 0.6 is 0 Å². The SMILES string of the molecule is O=C1CC[C@H](N2C(=O)c3ccc(OCC(=O)N4CCC(CN5CCC(c6ccc(Nc7ncnc8c7ncn8C7CC(NC(=O)Cc8ccccc8)C7)cc6)CC5)CC4)cc3C2=O)C(=O)N1. The maximum absolute atomic E-state index is 13.2. The third kappa shape index (κ3) is 8.99. The van der Waals surface area contributed by atoms with E-state index in [4.69, 9.17) is 4.74 Å². The molecule has 66 heavy (non-hydrogen) atoms. The Morgan fingerprint density at radius 3 is 2.32 bits per heavy atom. The number of hydrogen-bond donors (Lipinski definition) is 3. The average Bonchev–Trinajstić information content (AvgIpc) is 3.85. The number of anilines is 2. The van der Waals surface area contributed by atoms with Gasteiger partial charge in [-0.2, -0.15) is 0 Å². The van der Waals surface area contributed by atoms with Gasteiger partial charge in [-0.05, 0) is 111 Å². The molecule has 2 aromatic heterocycles. The van der Waals surface area contributed by atoms with Gasteiger partial charge in [0.1, 0.15) is 18.1 Å². The predicted octanol–water partition coefficient (Wildman–Crippen LogP) is 4.53. The molecule has 1 saturated carbocycles. The molecule has 4 fully saturated rings. The van der Waals surface area contributed by atoms with Crippen molar-refractivity contribution in [1.29, 1.82) is 0 Å². The van der Waals surface area contributed by atoms with Crippen molar-refractivity contribution in [3.8, 4) is 5.75 Å².